The molecule has 64 valence electrons. The molecule has 0 aliphatic rings. The van der Waals surface area contributed by atoms with Crippen molar-refractivity contribution in [1.82, 2.24) is 9.38 Å². The van der Waals surface area contributed by atoms with E-state index in [1.807, 2.05) is 10.6 Å². The van der Waals surface area contributed by atoms with Crippen LogP contribution in [-0.2, 0) is 0 Å². The lowest BCUT2D eigenvalue weighted by Gasteiger charge is -1.99. The van der Waals surface area contributed by atoms with Gasteiger partial charge in [0.25, 0.3) is 0 Å². The Morgan fingerprint density at radius 1 is 1.50 bits per heavy atom. The molecule has 2 aromatic rings. The van der Waals surface area contributed by atoms with Gasteiger partial charge in [-0.2, -0.15) is 4.98 Å². The SMILES string of the molecule is Cc1c(C(C)C)nc2occn12. The molecule has 0 aliphatic carbocycles. The Labute approximate surface area is 71.0 Å². The Balaban J connectivity index is 2.70. The normalized spacial score (nSPS) is 11.7. The lowest BCUT2D eigenvalue weighted by molar-refractivity contribution is 0.593. The van der Waals surface area contributed by atoms with Crippen LogP contribution in [0.5, 0.6) is 0 Å². The second kappa shape index (κ2) is 2.37. The minimum absolute atomic E-state index is 0.458. The highest BCUT2D eigenvalue weighted by Crippen LogP contribution is 2.19. The molecule has 0 saturated carbocycles. The van der Waals surface area contributed by atoms with E-state index in [-0.39, 0.29) is 0 Å². The Morgan fingerprint density at radius 2 is 2.25 bits per heavy atom. The molecule has 0 aliphatic heterocycles. The van der Waals surface area contributed by atoms with Gasteiger partial charge in [0.1, 0.15) is 6.26 Å². The second-order valence-corrected chi connectivity index (χ2v) is 3.29. The van der Waals surface area contributed by atoms with Crippen molar-refractivity contribution in [2.24, 2.45) is 0 Å². The standard InChI is InChI=1S/C9H12N2O/c1-6(2)8-7(3)11-4-5-12-9(11)10-8/h4-6H,1-3H3. The van der Waals surface area contributed by atoms with Crippen LogP contribution in [0.25, 0.3) is 5.84 Å². The summed E-state index contributed by atoms with van der Waals surface area (Å²) in [6.45, 7) is 6.33. The zero-order valence-corrected chi connectivity index (χ0v) is 7.53. The van der Waals surface area contributed by atoms with Gasteiger partial charge < -0.3 is 4.42 Å². The van der Waals surface area contributed by atoms with Gasteiger partial charge in [-0.05, 0) is 12.8 Å². The van der Waals surface area contributed by atoms with Crippen LogP contribution >= 0.6 is 0 Å². The van der Waals surface area contributed by atoms with E-state index in [9.17, 15) is 0 Å². The Hall–Kier alpha value is -1.25. The van der Waals surface area contributed by atoms with Crippen molar-refractivity contribution >= 4 is 5.84 Å². The Morgan fingerprint density at radius 3 is 2.83 bits per heavy atom. The number of aryl methyl sites for hydroxylation is 1. The third kappa shape index (κ3) is 0.858. The van der Waals surface area contributed by atoms with Crippen LogP contribution in [-0.4, -0.2) is 9.38 Å². The number of imidazole rings is 1. The average molecular weight is 164 g/mol. The van der Waals surface area contributed by atoms with Crippen LogP contribution in [0.15, 0.2) is 16.9 Å². The molecule has 2 aromatic heterocycles. The molecule has 0 unspecified atom stereocenters. The molecule has 0 radical (unpaired) electrons. The third-order valence-electron chi connectivity index (χ3n) is 2.08. The van der Waals surface area contributed by atoms with Gasteiger partial charge in [0.05, 0.1) is 5.69 Å². The molecule has 12 heavy (non-hydrogen) atoms. The van der Waals surface area contributed by atoms with E-state index in [1.165, 1.54) is 5.69 Å². The molecule has 0 amide bonds. The van der Waals surface area contributed by atoms with Crippen LogP contribution < -0.4 is 0 Å². The highest BCUT2D eigenvalue weighted by Gasteiger charge is 2.12. The van der Waals surface area contributed by atoms with Crippen LogP contribution in [0, 0.1) is 6.92 Å². The molecule has 2 heterocycles. The van der Waals surface area contributed by atoms with Crippen LogP contribution in [0.3, 0.4) is 0 Å². The van der Waals surface area contributed by atoms with Crippen LogP contribution in [0.2, 0.25) is 0 Å². The Kier molecular flexibility index (Phi) is 1.46. The van der Waals surface area contributed by atoms with E-state index in [2.05, 4.69) is 25.8 Å². The molecule has 0 fully saturated rings. The van der Waals surface area contributed by atoms with Crippen molar-refractivity contribution in [3.8, 4) is 0 Å². The topological polar surface area (TPSA) is 30.4 Å². The minimum atomic E-state index is 0.458. The minimum Gasteiger partial charge on any atom is -0.432 e. The molecule has 0 saturated heterocycles. The molecule has 0 N–H and O–H groups in total. The number of hydrogen-bond acceptors (Lipinski definition) is 2. The first-order valence-electron chi connectivity index (χ1n) is 4.12. The Bertz CT molecular complexity index is 397. The van der Waals surface area contributed by atoms with Crippen LogP contribution in [0.4, 0.5) is 0 Å². The van der Waals surface area contributed by atoms with Crippen molar-refractivity contribution in [1.29, 1.82) is 0 Å². The maximum atomic E-state index is 5.18. The molecule has 0 bridgehead atoms. The maximum absolute atomic E-state index is 5.18. The van der Waals surface area contributed by atoms with Gasteiger partial charge in [0.2, 0.25) is 0 Å². The van der Waals surface area contributed by atoms with Gasteiger partial charge in [-0.1, -0.05) is 13.8 Å². The van der Waals surface area contributed by atoms with Crippen LogP contribution in [0.1, 0.15) is 31.2 Å². The smallest absolute Gasteiger partial charge is 0.306 e. The largest absolute Gasteiger partial charge is 0.432 e. The first kappa shape index (κ1) is 7.40. The summed E-state index contributed by atoms with van der Waals surface area (Å²) in [4.78, 5) is 4.37. The highest BCUT2D eigenvalue weighted by molar-refractivity contribution is 5.33. The van der Waals surface area contributed by atoms with Gasteiger partial charge in [-0.25, -0.2) is 0 Å². The fourth-order valence-electron chi connectivity index (χ4n) is 1.46. The number of oxazole rings is 1. The van der Waals surface area contributed by atoms with Gasteiger partial charge in [-0.3, -0.25) is 4.40 Å². The lowest BCUT2D eigenvalue weighted by atomic mass is 10.1. The number of fused-ring (bicyclic) bond motifs is 1. The summed E-state index contributed by atoms with van der Waals surface area (Å²) in [5.74, 6) is 1.15. The number of hydrogen-bond donors (Lipinski definition) is 0. The van der Waals surface area contributed by atoms with Crippen molar-refractivity contribution in [2.45, 2.75) is 26.7 Å². The fourth-order valence-corrected chi connectivity index (χ4v) is 1.46. The number of aromatic nitrogens is 2. The first-order valence-corrected chi connectivity index (χ1v) is 4.12. The van der Waals surface area contributed by atoms with Crippen molar-refractivity contribution < 1.29 is 4.42 Å². The quantitative estimate of drug-likeness (QED) is 0.647. The second-order valence-electron chi connectivity index (χ2n) is 3.29. The molecular formula is C9H12N2O. The summed E-state index contributed by atoms with van der Waals surface area (Å²) < 4.78 is 7.15. The zero-order chi connectivity index (χ0) is 8.72. The molecule has 0 atom stereocenters. The number of rotatable bonds is 1. The number of nitrogens with zero attached hydrogens (tertiary/aromatic N) is 2. The first-order chi connectivity index (χ1) is 5.70. The van der Waals surface area contributed by atoms with E-state index in [0.29, 0.717) is 11.8 Å². The average Bonchev–Trinajstić information content (AvgIpc) is 2.53. The molecule has 3 heteroatoms. The predicted molar refractivity (Wildman–Crippen MR) is 46.3 cm³/mol. The third-order valence-corrected chi connectivity index (χ3v) is 2.08. The molecule has 2 rings (SSSR count). The van der Waals surface area contributed by atoms with Gasteiger partial charge in [0, 0.05) is 11.9 Å². The van der Waals surface area contributed by atoms with E-state index in [4.69, 9.17) is 4.42 Å². The molecular weight excluding hydrogens is 152 g/mol. The van der Waals surface area contributed by atoms with Gasteiger partial charge in [0.15, 0.2) is 0 Å². The van der Waals surface area contributed by atoms with Crippen molar-refractivity contribution in [3.05, 3.63) is 23.8 Å². The summed E-state index contributed by atoms with van der Waals surface area (Å²) in [6.07, 6.45) is 3.54. The summed E-state index contributed by atoms with van der Waals surface area (Å²) in [5.41, 5.74) is 2.29. The monoisotopic (exact) mass is 164 g/mol. The van der Waals surface area contributed by atoms with Gasteiger partial charge in [-0.15, -0.1) is 0 Å². The molecule has 0 spiro atoms. The molecule has 3 nitrogen and oxygen atoms in total. The molecule has 0 aromatic carbocycles. The predicted octanol–water partition coefficient (Wildman–Crippen LogP) is 2.36. The van der Waals surface area contributed by atoms with E-state index >= 15 is 0 Å². The lowest BCUT2D eigenvalue weighted by Crippen LogP contribution is -1.91. The van der Waals surface area contributed by atoms with E-state index < -0.39 is 0 Å². The van der Waals surface area contributed by atoms with Crippen molar-refractivity contribution in [2.75, 3.05) is 0 Å². The summed E-state index contributed by atoms with van der Waals surface area (Å²) >= 11 is 0. The van der Waals surface area contributed by atoms with Gasteiger partial charge >= 0.3 is 5.84 Å². The summed E-state index contributed by atoms with van der Waals surface area (Å²) in [7, 11) is 0. The van der Waals surface area contributed by atoms with E-state index in [1.54, 1.807) is 6.26 Å². The maximum Gasteiger partial charge on any atom is 0.306 e. The summed E-state index contributed by atoms with van der Waals surface area (Å²) in [6, 6.07) is 0. The highest BCUT2D eigenvalue weighted by atomic mass is 16.3. The van der Waals surface area contributed by atoms with E-state index in [0.717, 1.165) is 5.69 Å². The zero-order valence-electron chi connectivity index (χ0n) is 7.53. The summed E-state index contributed by atoms with van der Waals surface area (Å²) in [5, 5.41) is 0. The van der Waals surface area contributed by atoms with Crippen molar-refractivity contribution in [3.63, 3.8) is 0 Å². The fraction of sp³-hybridized carbons (Fsp3) is 0.444.